The van der Waals surface area contributed by atoms with Crippen LogP contribution in [0.2, 0.25) is 0 Å². The van der Waals surface area contributed by atoms with Crippen LogP contribution in [0.4, 0.5) is 4.39 Å². The molecule has 15 heavy (non-hydrogen) atoms. The molecular formula is C8H4BrClFNO2S. The van der Waals surface area contributed by atoms with E-state index in [0.717, 1.165) is 0 Å². The van der Waals surface area contributed by atoms with Crippen LogP contribution < -0.4 is 0 Å². The molecule has 0 spiro atoms. The van der Waals surface area contributed by atoms with Crippen LogP contribution in [0.25, 0.3) is 10.9 Å². The Morgan fingerprint density at radius 2 is 2.07 bits per heavy atom. The molecule has 0 amide bonds. The quantitative estimate of drug-likeness (QED) is 0.823. The second-order valence-electron chi connectivity index (χ2n) is 2.90. The summed E-state index contributed by atoms with van der Waals surface area (Å²) in [5.41, 5.74) is 0.384. The Bertz CT molecular complexity index is 637. The van der Waals surface area contributed by atoms with Gasteiger partial charge in [-0.15, -0.1) is 0 Å². The van der Waals surface area contributed by atoms with Gasteiger partial charge in [-0.25, -0.2) is 12.8 Å². The minimum absolute atomic E-state index is 0.0557. The van der Waals surface area contributed by atoms with E-state index in [1.54, 1.807) is 0 Å². The summed E-state index contributed by atoms with van der Waals surface area (Å²) in [6.07, 6.45) is 1.23. The number of hydrogen-bond donors (Lipinski definition) is 1. The summed E-state index contributed by atoms with van der Waals surface area (Å²) in [4.78, 5) is 2.58. The molecular weight excluding hydrogens is 309 g/mol. The first-order chi connectivity index (χ1) is 6.89. The number of aromatic nitrogens is 1. The van der Waals surface area contributed by atoms with Crippen molar-refractivity contribution in [2.45, 2.75) is 4.90 Å². The maximum absolute atomic E-state index is 13.1. The molecule has 0 atom stereocenters. The van der Waals surface area contributed by atoms with E-state index >= 15 is 0 Å². The standard InChI is InChI=1S/C8H4BrClFNO2S/c9-5-1-4-7(2-6(5)11)12-3-8(4)15(10,13)14/h1-3,12H. The minimum atomic E-state index is -3.82. The molecule has 0 aliphatic heterocycles. The van der Waals surface area contributed by atoms with Gasteiger partial charge >= 0.3 is 0 Å². The van der Waals surface area contributed by atoms with Crippen LogP contribution in [0, 0.1) is 5.82 Å². The molecule has 0 aliphatic rings. The smallest absolute Gasteiger partial charge is 0.263 e. The average molecular weight is 313 g/mol. The lowest BCUT2D eigenvalue weighted by Crippen LogP contribution is -1.88. The highest BCUT2D eigenvalue weighted by Gasteiger charge is 2.17. The number of H-pyrrole nitrogens is 1. The van der Waals surface area contributed by atoms with E-state index in [1.807, 2.05) is 0 Å². The molecule has 1 heterocycles. The Labute approximate surface area is 97.8 Å². The topological polar surface area (TPSA) is 49.9 Å². The molecule has 0 saturated carbocycles. The van der Waals surface area contributed by atoms with Crippen molar-refractivity contribution in [1.29, 1.82) is 0 Å². The summed E-state index contributed by atoms with van der Waals surface area (Å²) < 4.78 is 35.6. The largest absolute Gasteiger partial charge is 0.360 e. The van der Waals surface area contributed by atoms with Crippen molar-refractivity contribution in [2.75, 3.05) is 0 Å². The highest BCUT2D eigenvalue weighted by atomic mass is 79.9. The first-order valence-electron chi connectivity index (χ1n) is 3.80. The summed E-state index contributed by atoms with van der Waals surface area (Å²) in [5, 5.41) is 0.360. The van der Waals surface area contributed by atoms with Gasteiger partial charge in [0.2, 0.25) is 0 Å². The van der Waals surface area contributed by atoms with Crippen LogP contribution >= 0.6 is 26.6 Å². The zero-order chi connectivity index (χ0) is 11.2. The van der Waals surface area contributed by atoms with Crippen molar-refractivity contribution >= 4 is 46.6 Å². The molecule has 80 valence electrons. The first-order valence-corrected chi connectivity index (χ1v) is 6.90. The molecule has 0 unspecified atom stereocenters. The molecule has 1 aromatic carbocycles. The molecule has 0 fully saturated rings. The zero-order valence-corrected chi connectivity index (χ0v) is 10.2. The Balaban J connectivity index is 2.87. The summed E-state index contributed by atoms with van der Waals surface area (Å²) in [7, 11) is 1.40. The van der Waals surface area contributed by atoms with Crippen LogP contribution in [-0.2, 0) is 9.05 Å². The van der Waals surface area contributed by atoms with E-state index < -0.39 is 14.9 Å². The molecule has 7 heteroatoms. The Morgan fingerprint density at radius 1 is 1.40 bits per heavy atom. The van der Waals surface area contributed by atoms with E-state index in [0.29, 0.717) is 10.9 Å². The third kappa shape index (κ3) is 1.89. The van der Waals surface area contributed by atoms with Crippen molar-refractivity contribution in [3.8, 4) is 0 Å². The average Bonchev–Trinajstić information content (AvgIpc) is 2.47. The van der Waals surface area contributed by atoms with Crippen LogP contribution in [-0.4, -0.2) is 13.4 Å². The number of rotatable bonds is 1. The lowest BCUT2D eigenvalue weighted by atomic mass is 10.2. The highest BCUT2D eigenvalue weighted by molar-refractivity contribution is 9.10. The molecule has 0 radical (unpaired) electrons. The predicted molar refractivity (Wildman–Crippen MR) is 59.0 cm³/mol. The van der Waals surface area contributed by atoms with Gasteiger partial charge in [-0.3, -0.25) is 0 Å². The summed E-state index contributed by atoms with van der Waals surface area (Å²) >= 11 is 2.98. The van der Waals surface area contributed by atoms with Gasteiger partial charge in [0.25, 0.3) is 9.05 Å². The zero-order valence-electron chi connectivity index (χ0n) is 7.09. The van der Waals surface area contributed by atoms with Crippen LogP contribution in [0.3, 0.4) is 0 Å². The Kier molecular flexibility index (Phi) is 2.52. The maximum Gasteiger partial charge on any atom is 0.263 e. The van der Waals surface area contributed by atoms with Crippen LogP contribution in [0.15, 0.2) is 27.7 Å². The van der Waals surface area contributed by atoms with Gasteiger partial charge in [-0.1, -0.05) is 0 Å². The molecule has 1 aromatic heterocycles. The maximum atomic E-state index is 13.1. The van der Waals surface area contributed by atoms with Crippen LogP contribution in [0.5, 0.6) is 0 Å². The molecule has 3 nitrogen and oxygen atoms in total. The van der Waals surface area contributed by atoms with Crippen molar-refractivity contribution in [3.05, 3.63) is 28.6 Å². The molecule has 2 aromatic rings. The number of fused-ring (bicyclic) bond motifs is 1. The number of halogens is 3. The lowest BCUT2D eigenvalue weighted by molar-refractivity contribution is 0.610. The lowest BCUT2D eigenvalue weighted by Gasteiger charge is -1.96. The van der Waals surface area contributed by atoms with Gasteiger partial charge in [0, 0.05) is 27.8 Å². The normalized spacial score (nSPS) is 12.2. The second-order valence-corrected chi connectivity index (χ2v) is 6.29. The van der Waals surface area contributed by atoms with E-state index in [-0.39, 0.29) is 9.37 Å². The number of benzene rings is 1. The predicted octanol–water partition coefficient (Wildman–Crippen LogP) is 3.00. The third-order valence-corrected chi connectivity index (χ3v) is 3.92. The van der Waals surface area contributed by atoms with Crippen molar-refractivity contribution in [2.24, 2.45) is 0 Å². The van der Waals surface area contributed by atoms with Crippen molar-refractivity contribution in [3.63, 3.8) is 0 Å². The van der Waals surface area contributed by atoms with Crippen molar-refractivity contribution in [1.82, 2.24) is 4.98 Å². The monoisotopic (exact) mass is 311 g/mol. The van der Waals surface area contributed by atoms with Gasteiger partial charge in [0.1, 0.15) is 10.7 Å². The fraction of sp³-hybridized carbons (Fsp3) is 0. The highest BCUT2D eigenvalue weighted by Crippen LogP contribution is 2.29. The number of hydrogen-bond acceptors (Lipinski definition) is 2. The van der Waals surface area contributed by atoms with E-state index in [9.17, 15) is 12.8 Å². The summed E-state index contributed by atoms with van der Waals surface area (Å²) in [5.74, 6) is -0.470. The van der Waals surface area contributed by atoms with E-state index in [2.05, 4.69) is 20.9 Å². The SMILES string of the molecule is O=S(=O)(Cl)c1c[nH]c2cc(F)c(Br)cc12. The Hall–Kier alpha value is -0.590. The number of aromatic amines is 1. The first kappa shape index (κ1) is 10.9. The molecule has 0 aliphatic carbocycles. The molecule has 0 saturated heterocycles. The molecule has 1 N–H and O–H groups in total. The molecule has 2 rings (SSSR count). The third-order valence-electron chi connectivity index (χ3n) is 1.95. The van der Waals surface area contributed by atoms with Gasteiger partial charge in [-0.2, -0.15) is 0 Å². The van der Waals surface area contributed by atoms with Crippen molar-refractivity contribution < 1.29 is 12.8 Å². The van der Waals surface area contributed by atoms with E-state index in [1.165, 1.54) is 18.3 Å². The molecule has 0 bridgehead atoms. The van der Waals surface area contributed by atoms with Gasteiger partial charge in [0.05, 0.1) is 4.47 Å². The van der Waals surface area contributed by atoms with Gasteiger partial charge in [-0.05, 0) is 28.1 Å². The summed E-state index contributed by atoms with van der Waals surface area (Å²) in [6.45, 7) is 0. The Morgan fingerprint density at radius 3 is 2.67 bits per heavy atom. The second kappa shape index (κ2) is 3.47. The van der Waals surface area contributed by atoms with Crippen LogP contribution in [0.1, 0.15) is 0 Å². The summed E-state index contributed by atoms with van der Waals surface area (Å²) in [6, 6.07) is 2.57. The van der Waals surface area contributed by atoms with E-state index in [4.69, 9.17) is 10.7 Å². The fourth-order valence-corrected chi connectivity index (χ4v) is 2.65. The number of nitrogens with one attached hydrogen (secondary N) is 1. The fourth-order valence-electron chi connectivity index (χ4n) is 1.29. The minimum Gasteiger partial charge on any atom is -0.360 e. The van der Waals surface area contributed by atoms with Gasteiger partial charge < -0.3 is 4.98 Å². The van der Waals surface area contributed by atoms with Gasteiger partial charge in [0.15, 0.2) is 0 Å².